The molecule has 1 fully saturated rings. The van der Waals surface area contributed by atoms with Gasteiger partial charge in [0.25, 0.3) is 0 Å². The van der Waals surface area contributed by atoms with E-state index in [1.807, 2.05) is 0 Å². The summed E-state index contributed by atoms with van der Waals surface area (Å²) in [5.41, 5.74) is -0.0385. The van der Waals surface area contributed by atoms with Crippen molar-refractivity contribution in [2.45, 2.75) is 65.0 Å². The highest BCUT2D eigenvalue weighted by molar-refractivity contribution is 4.95. The molecule has 2 aliphatic rings. The summed E-state index contributed by atoms with van der Waals surface area (Å²) in [6.07, 6.45) is 8.07. The van der Waals surface area contributed by atoms with E-state index in [2.05, 4.69) is 39.8 Å². The Labute approximate surface area is 99.0 Å². The quantitative estimate of drug-likeness (QED) is 0.634. The van der Waals surface area contributed by atoms with Crippen LogP contribution in [0.3, 0.4) is 0 Å². The van der Waals surface area contributed by atoms with Crippen molar-refractivity contribution < 1.29 is 9.47 Å². The second-order valence-corrected chi connectivity index (χ2v) is 5.98. The Bertz CT molecular complexity index is 270. The van der Waals surface area contributed by atoms with Gasteiger partial charge in [0.2, 0.25) is 0 Å². The van der Waals surface area contributed by atoms with Gasteiger partial charge in [-0.2, -0.15) is 0 Å². The van der Waals surface area contributed by atoms with E-state index in [-0.39, 0.29) is 11.9 Å². The molecule has 0 radical (unpaired) electrons. The fourth-order valence-corrected chi connectivity index (χ4v) is 2.90. The number of ether oxygens (including phenoxy) is 2. The van der Waals surface area contributed by atoms with Gasteiger partial charge in [-0.05, 0) is 39.5 Å². The normalized spacial score (nSPS) is 43.2. The average molecular weight is 224 g/mol. The van der Waals surface area contributed by atoms with Gasteiger partial charge >= 0.3 is 0 Å². The molecular weight excluding hydrogens is 200 g/mol. The van der Waals surface area contributed by atoms with Crippen LogP contribution in [0.2, 0.25) is 0 Å². The molecule has 0 N–H and O–H groups in total. The number of rotatable bonds is 1. The minimum atomic E-state index is -0.0385. The van der Waals surface area contributed by atoms with Crippen LogP contribution in [0.5, 0.6) is 0 Å². The molecule has 16 heavy (non-hydrogen) atoms. The van der Waals surface area contributed by atoms with Crippen LogP contribution < -0.4 is 0 Å². The predicted octanol–water partition coefficient (Wildman–Crippen LogP) is 3.52. The Morgan fingerprint density at radius 1 is 1.12 bits per heavy atom. The molecule has 0 amide bonds. The summed E-state index contributed by atoms with van der Waals surface area (Å²) in [5, 5.41) is 0. The third-order valence-electron chi connectivity index (χ3n) is 3.74. The van der Waals surface area contributed by atoms with Crippen LogP contribution in [0.15, 0.2) is 12.2 Å². The molecule has 0 aromatic heterocycles. The summed E-state index contributed by atoms with van der Waals surface area (Å²) in [5.74, 6) is 1.18. The van der Waals surface area contributed by atoms with Gasteiger partial charge in [0.15, 0.2) is 6.29 Å². The van der Waals surface area contributed by atoms with Crippen LogP contribution in [0.25, 0.3) is 0 Å². The van der Waals surface area contributed by atoms with Gasteiger partial charge < -0.3 is 9.47 Å². The highest BCUT2D eigenvalue weighted by atomic mass is 16.7. The molecule has 1 aliphatic heterocycles. The third kappa shape index (κ3) is 2.67. The second-order valence-electron chi connectivity index (χ2n) is 5.98. The Morgan fingerprint density at radius 3 is 2.44 bits per heavy atom. The molecule has 0 aromatic rings. The summed E-state index contributed by atoms with van der Waals surface area (Å²) in [6.45, 7) is 8.79. The number of allylic oxidation sites excluding steroid dienone is 2. The third-order valence-corrected chi connectivity index (χ3v) is 3.74. The van der Waals surface area contributed by atoms with Crippen LogP contribution in [-0.2, 0) is 9.47 Å². The van der Waals surface area contributed by atoms with Crippen molar-refractivity contribution in [1.82, 2.24) is 0 Å². The molecule has 0 aromatic carbocycles. The van der Waals surface area contributed by atoms with Crippen molar-refractivity contribution in [3.8, 4) is 0 Å². The Kier molecular flexibility index (Phi) is 3.41. The van der Waals surface area contributed by atoms with E-state index in [0.29, 0.717) is 17.9 Å². The van der Waals surface area contributed by atoms with Crippen molar-refractivity contribution in [2.75, 3.05) is 0 Å². The molecule has 1 aliphatic carbocycles. The highest BCUT2D eigenvalue weighted by Gasteiger charge is 2.39. The minimum absolute atomic E-state index is 0.0151. The lowest BCUT2D eigenvalue weighted by Gasteiger charge is -2.44. The van der Waals surface area contributed by atoms with Gasteiger partial charge in [0, 0.05) is 12.3 Å². The first kappa shape index (κ1) is 12.1. The number of hydrogen-bond donors (Lipinski definition) is 0. The molecule has 0 saturated carbocycles. The van der Waals surface area contributed by atoms with Crippen LogP contribution >= 0.6 is 0 Å². The largest absolute Gasteiger partial charge is 0.349 e. The lowest BCUT2D eigenvalue weighted by molar-refractivity contribution is -0.292. The molecule has 4 atom stereocenters. The fraction of sp³-hybridized carbons (Fsp3) is 0.857. The molecule has 2 nitrogen and oxygen atoms in total. The zero-order valence-electron chi connectivity index (χ0n) is 10.9. The van der Waals surface area contributed by atoms with Crippen molar-refractivity contribution in [2.24, 2.45) is 11.8 Å². The van der Waals surface area contributed by atoms with Crippen molar-refractivity contribution >= 4 is 0 Å². The van der Waals surface area contributed by atoms with E-state index < -0.39 is 0 Å². The van der Waals surface area contributed by atoms with Crippen molar-refractivity contribution in [3.05, 3.63) is 12.2 Å². The predicted molar refractivity (Wildman–Crippen MR) is 65.1 cm³/mol. The maximum Gasteiger partial charge on any atom is 0.161 e. The summed E-state index contributed by atoms with van der Waals surface area (Å²) < 4.78 is 12.1. The number of hydrogen-bond acceptors (Lipinski definition) is 2. The molecule has 2 rings (SSSR count). The van der Waals surface area contributed by atoms with Gasteiger partial charge in [0.05, 0.1) is 11.7 Å². The molecule has 2 heteroatoms. The highest BCUT2D eigenvalue weighted by Crippen LogP contribution is 2.37. The SMILES string of the molecule is C[C@@H]1CC(C)(C)O[C@H]([C@H]2CC=CC[C@H]2C)O1. The Hall–Kier alpha value is -0.340. The van der Waals surface area contributed by atoms with Crippen molar-refractivity contribution in [1.29, 1.82) is 0 Å². The first-order valence-corrected chi connectivity index (χ1v) is 6.46. The molecule has 0 unspecified atom stereocenters. The summed E-state index contributed by atoms with van der Waals surface area (Å²) in [4.78, 5) is 0. The zero-order valence-corrected chi connectivity index (χ0v) is 10.9. The van der Waals surface area contributed by atoms with E-state index in [1.54, 1.807) is 0 Å². The van der Waals surface area contributed by atoms with Gasteiger partial charge in [-0.15, -0.1) is 0 Å². The van der Waals surface area contributed by atoms with Crippen LogP contribution in [-0.4, -0.2) is 18.0 Å². The van der Waals surface area contributed by atoms with E-state index in [1.165, 1.54) is 0 Å². The Balaban J connectivity index is 2.05. The maximum absolute atomic E-state index is 6.10. The second kappa shape index (κ2) is 4.50. The zero-order chi connectivity index (χ0) is 11.8. The van der Waals surface area contributed by atoms with Gasteiger partial charge in [-0.3, -0.25) is 0 Å². The van der Waals surface area contributed by atoms with E-state index >= 15 is 0 Å². The maximum atomic E-state index is 6.10. The van der Waals surface area contributed by atoms with E-state index in [4.69, 9.17) is 9.47 Å². The van der Waals surface area contributed by atoms with Gasteiger partial charge in [0.1, 0.15) is 0 Å². The summed E-state index contributed by atoms with van der Waals surface area (Å²) in [7, 11) is 0. The lowest BCUT2D eigenvalue weighted by atomic mass is 9.83. The molecule has 92 valence electrons. The minimum Gasteiger partial charge on any atom is -0.349 e. The summed E-state index contributed by atoms with van der Waals surface area (Å²) in [6, 6.07) is 0. The topological polar surface area (TPSA) is 18.5 Å². The standard InChI is InChI=1S/C14H24O2/c1-10-7-5-6-8-12(10)13-15-11(2)9-14(3,4)16-13/h5-6,10-13H,7-9H2,1-4H3/t10-,11-,12+,13-/m1/s1. The smallest absolute Gasteiger partial charge is 0.161 e. The molecular formula is C14H24O2. The monoisotopic (exact) mass is 224 g/mol. The van der Waals surface area contributed by atoms with Crippen LogP contribution in [0.4, 0.5) is 0 Å². The van der Waals surface area contributed by atoms with Gasteiger partial charge in [-0.25, -0.2) is 0 Å². The van der Waals surface area contributed by atoms with Crippen molar-refractivity contribution in [3.63, 3.8) is 0 Å². The fourth-order valence-electron chi connectivity index (χ4n) is 2.90. The molecule has 1 heterocycles. The first-order valence-electron chi connectivity index (χ1n) is 6.46. The lowest BCUT2D eigenvalue weighted by Crippen LogP contribution is -2.47. The van der Waals surface area contributed by atoms with Crippen LogP contribution in [0.1, 0.15) is 47.0 Å². The molecule has 0 spiro atoms. The Morgan fingerprint density at radius 2 is 1.81 bits per heavy atom. The van der Waals surface area contributed by atoms with E-state index in [0.717, 1.165) is 19.3 Å². The van der Waals surface area contributed by atoms with E-state index in [9.17, 15) is 0 Å². The summed E-state index contributed by atoms with van der Waals surface area (Å²) >= 11 is 0. The van der Waals surface area contributed by atoms with Gasteiger partial charge in [-0.1, -0.05) is 19.1 Å². The molecule has 1 saturated heterocycles. The molecule has 0 bridgehead atoms. The average Bonchev–Trinajstić information content (AvgIpc) is 2.15. The first-order chi connectivity index (χ1) is 7.48. The van der Waals surface area contributed by atoms with Crippen LogP contribution in [0, 0.1) is 11.8 Å².